The first-order valence-corrected chi connectivity index (χ1v) is 24.1. The molecule has 15 nitrogen and oxygen atoms in total. The van der Waals surface area contributed by atoms with Crippen molar-refractivity contribution in [2.45, 2.75) is 143 Å². The van der Waals surface area contributed by atoms with Crippen LogP contribution in [-0.4, -0.2) is 93.1 Å². The third kappa shape index (κ3) is 9.30. The summed E-state index contributed by atoms with van der Waals surface area (Å²) in [4.78, 5) is 76.0. The van der Waals surface area contributed by atoms with Crippen molar-refractivity contribution >= 4 is 51.8 Å². The third-order valence-electron chi connectivity index (χ3n) is 14.3. The van der Waals surface area contributed by atoms with E-state index in [1.54, 1.807) is 0 Å². The summed E-state index contributed by atoms with van der Waals surface area (Å²) in [7, 11) is 2.61. The lowest BCUT2D eigenvalue weighted by atomic mass is 9.84. The van der Waals surface area contributed by atoms with Gasteiger partial charge in [0.15, 0.2) is 0 Å². The zero-order valence-electron chi connectivity index (χ0n) is 41.1. The number of amides is 4. The Bertz CT molecular complexity index is 2490. The Kier molecular flexibility index (Phi) is 13.3. The predicted octanol–water partition coefficient (Wildman–Crippen LogP) is 9.52. The second-order valence-corrected chi connectivity index (χ2v) is 20.6. The smallest absolute Gasteiger partial charge is 0.407 e. The minimum atomic E-state index is -0.708. The van der Waals surface area contributed by atoms with Gasteiger partial charge >= 0.3 is 12.2 Å². The second kappa shape index (κ2) is 18.9. The number of nitrogens with one attached hydrogen (secondary N) is 4. The number of methoxy groups -OCH3 is 2. The first-order valence-electron chi connectivity index (χ1n) is 24.1. The maximum atomic E-state index is 13.9. The number of hydrogen-bond acceptors (Lipinski definition) is 9. The van der Waals surface area contributed by atoms with E-state index in [1.165, 1.54) is 47.7 Å². The molecule has 0 saturated carbocycles. The number of hydrogen-bond donors (Lipinski definition) is 4. The molecule has 0 spiro atoms. The highest BCUT2D eigenvalue weighted by atomic mass is 16.5. The number of aromatic amines is 2. The summed E-state index contributed by atoms with van der Waals surface area (Å²) in [5, 5.41) is 5.50. The Hall–Kier alpha value is -6.12. The molecule has 358 valence electrons. The molecule has 0 radical (unpaired) electrons. The van der Waals surface area contributed by atoms with Crippen molar-refractivity contribution in [1.29, 1.82) is 0 Å². The number of aryl methyl sites for hydroxylation is 2. The number of imidazole rings is 2. The largest absolute Gasteiger partial charge is 0.453 e. The maximum absolute atomic E-state index is 13.9. The number of fused-ring (bicyclic) bond motifs is 2. The number of ether oxygens (including phenoxy) is 2. The van der Waals surface area contributed by atoms with Crippen molar-refractivity contribution in [2.75, 3.05) is 32.2 Å². The van der Waals surface area contributed by atoms with Gasteiger partial charge < -0.3 is 44.8 Å². The molecule has 67 heavy (non-hydrogen) atoms. The molecule has 8 rings (SSSR count). The van der Waals surface area contributed by atoms with E-state index in [2.05, 4.69) is 109 Å². The van der Waals surface area contributed by atoms with Crippen LogP contribution >= 0.6 is 0 Å². The number of alkyl carbamates (subject to hydrolysis) is 2. The number of benzene rings is 3. The molecule has 5 heterocycles. The molecule has 3 aliphatic heterocycles. The van der Waals surface area contributed by atoms with Gasteiger partial charge in [-0.25, -0.2) is 19.6 Å². The van der Waals surface area contributed by atoms with E-state index in [0.29, 0.717) is 13.1 Å². The van der Waals surface area contributed by atoms with Crippen LogP contribution in [0.25, 0.3) is 22.1 Å². The van der Waals surface area contributed by atoms with Crippen LogP contribution in [-0.2, 0) is 24.5 Å². The molecule has 0 aliphatic carbocycles. The molecule has 6 atom stereocenters. The Balaban J connectivity index is 1.12. The summed E-state index contributed by atoms with van der Waals surface area (Å²) in [6.07, 6.45) is 3.83. The number of nitrogens with zero attached hydrogens (tertiary/aromatic N) is 5. The van der Waals surface area contributed by atoms with E-state index in [-0.39, 0.29) is 53.2 Å². The van der Waals surface area contributed by atoms with E-state index in [1.807, 2.05) is 37.5 Å². The normalized spacial score (nSPS) is 20.9. The topological polar surface area (TPSA) is 178 Å². The standard InChI is InChI=1S/C52H69N9O6/c1-28(2)43(57-50(64)66-10)48(62)59-22-12-14-41(59)46-53-35-18-16-32(26-37(35)55-46)39-20-21-40(61(39)45-30(5)24-34(25-31(45)6)52(7,8)9)33-17-19-36-38(27-33)56-47(54-36)42-15-13-23-60(42)49(63)44(29(3)4)58-51(65)67-11/h16-19,24-29,39-44H,12-15,20-23H2,1-11H3,(H,53,55)(H,54,56)(H,57,64)(H,58,65)/t39-,40-,41+,42+,43+,44+/m1/s1. The molecule has 5 aromatic rings. The summed E-state index contributed by atoms with van der Waals surface area (Å²) in [6, 6.07) is 16.0. The summed E-state index contributed by atoms with van der Waals surface area (Å²) in [5.74, 6) is 0.983. The van der Waals surface area contributed by atoms with E-state index in [0.717, 1.165) is 72.2 Å². The number of carbonyl (C=O) groups excluding carboxylic acids is 4. The fourth-order valence-corrected chi connectivity index (χ4v) is 10.8. The fourth-order valence-electron chi connectivity index (χ4n) is 10.8. The SMILES string of the molecule is COC(=O)N[C@H](C(=O)N1CCC[C@H]1c1nc2ccc([C@H]3CC[C@H](c4ccc5nc([C@@H]6CCCN6C(=O)[C@@H](NC(=O)OC)C(C)C)[nH]c5c4)N3c3c(C)cc(C(C)(C)C)cc3C)cc2[nH]1)C(C)C. The average molecular weight is 916 g/mol. The van der Waals surface area contributed by atoms with Crippen LogP contribution in [0.2, 0.25) is 0 Å². The van der Waals surface area contributed by atoms with Crippen LogP contribution in [0.15, 0.2) is 48.5 Å². The molecule has 0 bridgehead atoms. The number of H-pyrrole nitrogens is 2. The molecule has 0 unspecified atom stereocenters. The van der Waals surface area contributed by atoms with Gasteiger partial charge in [-0.3, -0.25) is 9.59 Å². The van der Waals surface area contributed by atoms with Gasteiger partial charge in [-0.15, -0.1) is 0 Å². The molecule has 4 amide bonds. The number of likely N-dealkylation sites (tertiary alicyclic amines) is 2. The molecular weight excluding hydrogens is 847 g/mol. The van der Waals surface area contributed by atoms with Gasteiger partial charge in [0.1, 0.15) is 23.7 Å². The lowest BCUT2D eigenvalue weighted by molar-refractivity contribution is -0.136. The molecule has 2 aromatic heterocycles. The molecule has 3 saturated heterocycles. The maximum Gasteiger partial charge on any atom is 0.407 e. The minimum Gasteiger partial charge on any atom is -0.453 e. The number of anilines is 1. The quantitative estimate of drug-likeness (QED) is 0.100. The highest BCUT2D eigenvalue weighted by Crippen LogP contribution is 2.50. The van der Waals surface area contributed by atoms with Gasteiger partial charge in [0.05, 0.1) is 60.5 Å². The van der Waals surface area contributed by atoms with Crippen LogP contribution in [0.3, 0.4) is 0 Å². The Morgan fingerprint density at radius 3 is 1.43 bits per heavy atom. The summed E-state index contributed by atoms with van der Waals surface area (Å²) in [5.41, 5.74) is 10.9. The van der Waals surface area contributed by atoms with Gasteiger partial charge in [-0.05, 0) is 122 Å². The zero-order valence-corrected chi connectivity index (χ0v) is 41.1. The second-order valence-electron chi connectivity index (χ2n) is 20.6. The molecule has 3 fully saturated rings. The van der Waals surface area contributed by atoms with Gasteiger partial charge in [-0.2, -0.15) is 0 Å². The van der Waals surface area contributed by atoms with Crippen molar-refractivity contribution in [1.82, 2.24) is 40.4 Å². The van der Waals surface area contributed by atoms with Gasteiger partial charge in [0.25, 0.3) is 0 Å². The monoisotopic (exact) mass is 916 g/mol. The summed E-state index contributed by atoms with van der Waals surface area (Å²) in [6.45, 7) is 20.1. The third-order valence-corrected chi connectivity index (χ3v) is 14.3. The molecule has 4 N–H and O–H groups in total. The van der Waals surface area contributed by atoms with E-state index >= 15 is 0 Å². The highest BCUT2D eigenvalue weighted by Gasteiger charge is 2.41. The summed E-state index contributed by atoms with van der Waals surface area (Å²) < 4.78 is 9.69. The lowest BCUT2D eigenvalue weighted by Crippen LogP contribution is -2.51. The van der Waals surface area contributed by atoms with Crippen LogP contribution in [0.5, 0.6) is 0 Å². The van der Waals surface area contributed by atoms with E-state index < -0.39 is 24.3 Å². The van der Waals surface area contributed by atoms with E-state index in [4.69, 9.17) is 19.4 Å². The lowest BCUT2D eigenvalue weighted by Gasteiger charge is -2.36. The van der Waals surface area contributed by atoms with Crippen molar-refractivity contribution in [3.05, 3.63) is 88.0 Å². The Labute approximate surface area is 394 Å². The van der Waals surface area contributed by atoms with Gasteiger partial charge in [0.2, 0.25) is 11.8 Å². The van der Waals surface area contributed by atoms with Crippen LogP contribution < -0.4 is 15.5 Å². The zero-order chi connectivity index (χ0) is 48.1. The van der Waals surface area contributed by atoms with Gasteiger partial charge in [0, 0.05) is 18.8 Å². The minimum absolute atomic E-state index is 0.00920. The summed E-state index contributed by atoms with van der Waals surface area (Å²) >= 11 is 0. The fraction of sp³-hybridized carbons (Fsp3) is 0.538. The predicted molar refractivity (Wildman–Crippen MR) is 260 cm³/mol. The van der Waals surface area contributed by atoms with Gasteiger partial charge in [-0.1, -0.05) is 72.7 Å². The first kappa shape index (κ1) is 47.4. The number of rotatable bonds is 11. The van der Waals surface area contributed by atoms with Crippen molar-refractivity contribution in [3.63, 3.8) is 0 Å². The highest BCUT2D eigenvalue weighted by molar-refractivity contribution is 5.88. The average Bonchev–Trinajstić information content (AvgIpc) is 4.14. The van der Waals surface area contributed by atoms with Crippen LogP contribution in [0.1, 0.15) is 151 Å². The van der Waals surface area contributed by atoms with Crippen molar-refractivity contribution in [2.24, 2.45) is 11.8 Å². The number of carbonyl (C=O) groups is 4. The van der Waals surface area contributed by atoms with Crippen LogP contribution in [0.4, 0.5) is 15.3 Å². The van der Waals surface area contributed by atoms with Crippen molar-refractivity contribution < 1.29 is 28.7 Å². The van der Waals surface area contributed by atoms with E-state index in [9.17, 15) is 19.2 Å². The molecule has 3 aliphatic rings. The number of aromatic nitrogens is 4. The molecule has 15 heteroatoms. The Morgan fingerprint density at radius 1 is 0.642 bits per heavy atom. The first-order chi connectivity index (χ1) is 31.9. The Morgan fingerprint density at radius 2 is 1.06 bits per heavy atom. The molecule has 3 aromatic carbocycles. The molecular formula is C52H69N9O6. The van der Waals surface area contributed by atoms with Crippen molar-refractivity contribution in [3.8, 4) is 0 Å². The van der Waals surface area contributed by atoms with Crippen LogP contribution in [0, 0.1) is 25.7 Å².